The maximum atomic E-state index is 12.6. The number of benzene rings is 2. The Labute approximate surface area is 145 Å². The van der Waals surface area contributed by atoms with Crippen molar-refractivity contribution in [1.82, 2.24) is 4.98 Å². The van der Waals surface area contributed by atoms with Crippen LogP contribution < -0.4 is 10.6 Å². The van der Waals surface area contributed by atoms with Crippen molar-refractivity contribution < 1.29 is 9.59 Å². The number of rotatable bonds is 4. The van der Waals surface area contributed by atoms with Gasteiger partial charge in [-0.15, -0.1) is 0 Å². The third-order valence-corrected chi connectivity index (χ3v) is 3.76. The monoisotopic (exact) mass is 331 g/mol. The van der Waals surface area contributed by atoms with E-state index < -0.39 is 0 Å². The van der Waals surface area contributed by atoms with E-state index >= 15 is 0 Å². The fourth-order valence-electron chi connectivity index (χ4n) is 2.39. The van der Waals surface area contributed by atoms with Gasteiger partial charge in [0.2, 0.25) is 0 Å². The molecule has 2 aromatic carbocycles. The third kappa shape index (κ3) is 3.90. The summed E-state index contributed by atoms with van der Waals surface area (Å²) in [7, 11) is 0. The highest BCUT2D eigenvalue weighted by atomic mass is 16.2. The van der Waals surface area contributed by atoms with Gasteiger partial charge >= 0.3 is 0 Å². The van der Waals surface area contributed by atoms with Crippen molar-refractivity contribution in [1.29, 1.82) is 0 Å². The van der Waals surface area contributed by atoms with Crippen LogP contribution in [-0.4, -0.2) is 16.8 Å². The van der Waals surface area contributed by atoms with Gasteiger partial charge in [0.1, 0.15) is 0 Å². The molecule has 0 saturated heterocycles. The number of carbonyl (C=O) groups is 2. The van der Waals surface area contributed by atoms with Crippen LogP contribution >= 0.6 is 0 Å². The van der Waals surface area contributed by atoms with E-state index in [4.69, 9.17) is 0 Å². The summed E-state index contributed by atoms with van der Waals surface area (Å²) in [6.45, 7) is 1.92. The average Bonchev–Trinajstić information content (AvgIpc) is 2.64. The fourth-order valence-corrected chi connectivity index (χ4v) is 2.39. The second-order valence-corrected chi connectivity index (χ2v) is 5.50. The summed E-state index contributed by atoms with van der Waals surface area (Å²) in [4.78, 5) is 28.9. The fraction of sp³-hybridized carbons (Fsp3) is 0.0500. The van der Waals surface area contributed by atoms with E-state index in [0.29, 0.717) is 16.8 Å². The minimum absolute atomic E-state index is 0.278. The first-order valence-electron chi connectivity index (χ1n) is 7.82. The Morgan fingerprint density at radius 3 is 2.08 bits per heavy atom. The zero-order valence-electron chi connectivity index (χ0n) is 13.7. The Kier molecular flexibility index (Phi) is 4.85. The molecule has 2 N–H and O–H groups in total. The number of hydrogen-bond acceptors (Lipinski definition) is 3. The molecule has 3 rings (SSSR count). The number of aromatic nitrogens is 1. The summed E-state index contributed by atoms with van der Waals surface area (Å²) in [5.74, 6) is -0.571. The van der Waals surface area contributed by atoms with Crippen LogP contribution in [0.25, 0.3) is 0 Å². The first-order valence-corrected chi connectivity index (χ1v) is 7.82. The summed E-state index contributed by atoms with van der Waals surface area (Å²) in [6.07, 6.45) is 3.09. The summed E-state index contributed by atoms with van der Waals surface area (Å²) in [5, 5.41) is 5.66. The quantitative estimate of drug-likeness (QED) is 0.762. The lowest BCUT2D eigenvalue weighted by Gasteiger charge is -2.12. The summed E-state index contributed by atoms with van der Waals surface area (Å²) in [6, 6.07) is 17.7. The molecule has 1 aromatic heterocycles. The standard InChI is InChI=1S/C20H17N3O2/c1-14-6-2-4-8-17(14)22-20(25)16-7-3-5-9-18(16)23-19(24)15-10-12-21-13-11-15/h2-13H,1H3,(H,22,25)(H,23,24). The highest BCUT2D eigenvalue weighted by molar-refractivity contribution is 6.12. The lowest BCUT2D eigenvalue weighted by atomic mass is 10.1. The normalized spacial score (nSPS) is 10.1. The number of anilines is 2. The van der Waals surface area contributed by atoms with Crippen molar-refractivity contribution in [3.05, 3.63) is 89.7 Å². The number of hydrogen-bond donors (Lipinski definition) is 2. The van der Waals surface area contributed by atoms with E-state index in [1.807, 2.05) is 31.2 Å². The number of pyridine rings is 1. The predicted octanol–water partition coefficient (Wildman–Crippen LogP) is 3.89. The number of nitrogens with one attached hydrogen (secondary N) is 2. The summed E-state index contributed by atoms with van der Waals surface area (Å²) in [5.41, 5.74) is 3.03. The maximum absolute atomic E-state index is 12.6. The van der Waals surface area contributed by atoms with E-state index in [1.165, 1.54) is 0 Å². The minimum atomic E-state index is -0.293. The smallest absolute Gasteiger partial charge is 0.257 e. The van der Waals surface area contributed by atoms with Crippen molar-refractivity contribution in [2.45, 2.75) is 6.92 Å². The van der Waals surface area contributed by atoms with Crippen LogP contribution in [0.1, 0.15) is 26.3 Å². The van der Waals surface area contributed by atoms with Crippen molar-refractivity contribution in [3.63, 3.8) is 0 Å². The van der Waals surface area contributed by atoms with Crippen LogP contribution in [0.5, 0.6) is 0 Å². The van der Waals surface area contributed by atoms with E-state index in [0.717, 1.165) is 11.3 Å². The largest absolute Gasteiger partial charge is 0.322 e. The molecule has 0 radical (unpaired) electrons. The Balaban J connectivity index is 1.82. The third-order valence-electron chi connectivity index (χ3n) is 3.76. The molecule has 0 aliphatic rings. The number of carbonyl (C=O) groups excluding carboxylic acids is 2. The molecule has 124 valence electrons. The van der Waals surface area contributed by atoms with E-state index in [1.54, 1.807) is 48.8 Å². The Hall–Kier alpha value is -3.47. The van der Waals surface area contributed by atoms with Gasteiger partial charge < -0.3 is 10.6 Å². The van der Waals surface area contributed by atoms with Gasteiger partial charge in [-0.1, -0.05) is 30.3 Å². The second-order valence-electron chi connectivity index (χ2n) is 5.50. The molecule has 0 atom stereocenters. The molecule has 0 aliphatic heterocycles. The van der Waals surface area contributed by atoms with Gasteiger partial charge in [-0.2, -0.15) is 0 Å². The molecule has 1 heterocycles. The molecule has 5 heteroatoms. The number of para-hydroxylation sites is 2. The SMILES string of the molecule is Cc1ccccc1NC(=O)c1ccccc1NC(=O)c1ccncc1. The zero-order chi connectivity index (χ0) is 17.6. The Morgan fingerprint density at radius 2 is 1.36 bits per heavy atom. The highest BCUT2D eigenvalue weighted by Gasteiger charge is 2.14. The number of amides is 2. The zero-order valence-corrected chi connectivity index (χ0v) is 13.7. The highest BCUT2D eigenvalue weighted by Crippen LogP contribution is 2.20. The molecule has 0 spiro atoms. The van der Waals surface area contributed by atoms with Gasteiger partial charge in [-0.05, 0) is 42.8 Å². The molecule has 0 unspecified atom stereocenters. The van der Waals surface area contributed by atoms with Gasteiger partial charge in [0.25, 0.3) is 11.8 Å². The van der Waals surface area contributed by atoms with Crippen LogP contribution in [-0.2, 0) is 0 Å². The number of nitrogens with zero attached hydrogens (tertiary/aromatic N) is 1. The van der Waals surface area contributed by atoms with Gasteiger partial charge in [-0.3, -0.25) is 14.6 Å². The lowest BCUT2D eigenvalue weighted by Crippen LogP contribution is -2.18. The first-order chi connectivity index (χ1) is 12.1. The topological polar surface area (TPSA) is 71.1 Å². The molecule has 0 saturated carbocycles. The Bertz CT molecular complexity index is 908. The maximum Gasteiger partial charge on any atom is 0.257 e. The second kappa shape index (κ2) is 7.40. The van der Waals surface area contributed by atoms with E-state index in [9.17, 15) is 9.59 Å². The van der Waals surface area contributed by atoms with Gasteiger partial charge in [-0.25, -0.2) is 0 Å². The molecule has 3 aromatic rings. The van der Waals surface area contributed by atoms with Crippen LogP contribution in [0.2, 0.25) is 0 Å². The van der Waals surface area contributed by atoms with Gasteiger partial charge in [0.15, 0.2) is 0 Å². The molecule has 2 amide bonds. The van der Waals surface area contributed by atoms with Crippen molar-refractivity contribution in [2.75, 3.05) is 10.6 Å². The molecular formula is C20H17N3O2. The Morgan fingerprint density at radius 1 is 0.760 bits per heavy atom. The summed E-state index contributed by atoms with van der Waals surface area (Å²) >= 11 is 0. The molecular weight excluding hydrogens is 314 g/mol. The van der Waals surface area contributed by atoms with Crippen molar-refractivity contribution in [3.8, 4) is 0 Å². The van der Waals surface area contributed by atoms with Gasteiger partial charge in [0.05, 0.1) is 11.3 Å². The van der Waals surface area contributed by atoms with Crippen molar-refractivity contribution in [2.24, 2.45) is 0 Å². The molecule has 5 nitrogen and oxygen atoms in total. The van der Waals surface area contributed by atoms with E-state index in [-0.39, 0.29) is 11.8 Å². The average molecular weight is 331 g/mol. The first kappa shape index (κ1) is 16.4. The van der Waals surface area contributed by atoms with Crippen LogP contribution in [0.15, 0.2) is 73.1 Å². The lowest BCUT2D eigenvalue weighted by molar-refractivity contribution is 0.102. The van der Waals surface area contributed by atoms with Crippen LogP contribution in [0, 0.1) is 6.92 Å². The molecule has 0 bridgehead atoms. The van der Waals surface area contributed by atoms with Crippen LogP contribution in [0.3, 0.4) is 0 Å². The predicted molar refractivity (Wildman–Crippen MR) is 97.8 cm³/mol. The summed E-state index contributed by atoms with van der Waals surface area (Å²) < 4.78 is 0. The molecule has 25 heavy (non-hydrogen) atoms. The van der Waals surface area contributed by atoms with Crippen LogP contribution in [0.4, 0.5) is 11.4 Å². The minimum Gasteiger partial charge on any atom is -0.322 e. The molecule has 0 fully saturated rings. The van der Waals surface area contributed by atoms with Crippen molar-refractivity contribution >= 4 is 23.2 Å². The van der Waals surface area contributed by atoms with E-state index in [2.05, 4.69) is 15.6 Å². The number of aryl methyl sites for hydroxylation is 1. The molecule has 0 aliphatic carbocycles. The van der Waals surface area contributed by atoms with Gasteiger partial charge in [0, 0.05) is 23.6 Å².